The molecule has 0 saturated carbocycles. The van der Waals surface area contributed by atoms with E-state index >= 15 is 0 Å². The van der Waals surface area contributed by atoms with Gasteiger partial charge in [0.2, 0.25) is 0 Å². The lowest BCUT2D eigenvalue weighted by molar-refractivity contribution is -0.394. The largest absolute Gasteiger partial charge is 0.479 e. The van der Waals surface area contributed by atoms with Crippen LogP contribution in [0.2, 0.25) is 0 Å². The van der Waals surface area contributed by atoms with Gasteiger partial charge in [-0.25, -0.2) is 4.79 Å². The first kappa shape index (κ1) is 13.4. The van der Waals surface area contributed by atoms with Crippen LogP contribution >= 0.6 is 0 Å². The van der Waals surface area contributed by atoms with Gasteiger partial charge in [-0.2, -0.15) is 0 Å². The highest BCUT2D eigenvalue weighted by Gasteiger charge is 2.20. The molecule has 0 spiro atoms. The molecule has 0 aliphatic heterocycles. The summed E-state index contributed by atoms with van der Waals surface area (Å²) in [5.41, 5.74) is -1.09. The summed E-state index contributed by atoms with van der Waals surface area (Å²) in [6, 6.07) is 2.61. The molecule has 0 radical (unpaired) electrons. The highest BCUT2D eigenvalue weighted by molar-refractivity contribution is 5.72. The number of rotatable bonds is 5. The van der Waals surface area contributed by atoms with Crippen LogP contribution in [-0.4, -0.2) is 27.0 Å². The molecular formula is C9H8N2O7. The Morgan fingerprint density at radius 3 is 2.00 bits per heavy atom. The smallest absolute Gasteiger partial charge is 0.344 e. The van der Waals surface area contributed by atoms with Gasteiger partial charge in [0.1, 0.15) is 5.75 Å². The molecule has 1 N–H and O–H groups in total. The third-order valence-electron chi connectivity index (χ3n) is 1.96. The van der Waals surface area contributed by atoms with Crippen molar-refractivity contribution in [2.45, 2.75) is 13.0 Å². The van der Waals surface area contributed by atoms with Crippen molar-refractivity contribution >= 4 is 17.3 Å². The number of hydrogen-bond acceptors (Lipinski definition) is 6. The average Bonchev–Trinajstić information content (AvgIpc) is 2.28. The summed E-state index contributed by atoms with van der Waals surface area (Å²) >= 11 is 0. The average molecular weight is 256 g/mol. The lowest BCUT2D eigenvalue weighted by Crippen LogP contribution is -2.22. The molecule has 1 aromatic rings. The van der Waals surface area contributed by atoms with Crippen molar-refractivity contribution < 1.29 is 24.5 Å². The van der Waals surface area contributed by atoms with E-state index in [9.17, 15) is 25.0 Å². The van der Waals surface area contributed by atoms with E-state index in [2.05, 4.69) is 0 Å². The van der Waals surface area contributed by atoms with Gasteiger partial charge in [0.05, 0.1) is 28.0 Å². The minimum atomic E-state index is -1.29. The highest BCUT2D eigenvalue weighted by atomic mass is 16.6. The predicted octanol–water partition coefficient (Wildman–Crippen LogP) is 1.35. The van der Waals surface area contributed by atoms with E-state index in [-0.39, 0.29) is 5.75 Å². The molecule has 0 aromatic heterocycles. The number of ether oxygens (including phenoxy) is 1. The third kappa shape index (κ3) is 3.14. The Morgan fingerprint density at radius 2 is 1.67 bits per heavy atom. The molecular weight excluding hydrogens is 248 g/mol. The maximum Gasteiger partial charge on any atom is 0.344 e. The molecule has 96 valence electrons. The minimum absolute atomic E-state index is 0.245. The summed E-state index contributed by atoms with van der Waals surface area (Å²) < 4.78 is 4.85. The molecule has 0 aliphatic carbocycles. The number of hydrogen-bond donors (Lipinski definition) is 1. The van der Waals surface area contributed by atoms with Crippen LogP contribution in [0, 0.1) is 20.2 Å². The fraction of sp³-hybridized carbons (Fsp3) is 0.222. The van der Waals surface area contributed by atoms with Crippen LogP contribution in [0.5, 0.6) is 5.75 Å². The van der Waals surface area contributed by atoms with Gasteiger partial charge in [0, 0.05) is 0 Å². The number of nitro groups is 2. The van der Waals surface area contributed by atoms with Gasteiger partial charge < -0.3 is 9.84 Å². The molecule has 1 rings (SSSR count). The Hall–Kier alpha value is -2.71. The number of aliphatic carboxylic acids is 1. The van der Waals surface area contributed by atoms with Gasteiger partial charge in [-0.1, -0.05) is 0 Å². The second-order valence-corrected chi connectivity index (χ2v) is 3.30. The van der Waals surface area contributed by atoms with E-state index in [1.807, 2.05) is 0 Å². The molecule has 0 amide bonds. The fourth-order valence-corrected chi connectivity index (χ4v) is 1.10. The van der Waals surface area contributed by atoms with E-state index < -0.39 is 33.3 Å². The Bertz CT molecular complexity index is 481. The summed E-state index contributed by atoms with van der Waals surface area (Å²) in [5.74, 6) is -1.53. The predicted molar refractivity (Wildman–Crippen MR) is 57.5 cm³/mol. The Balaban J connectivity index is 3.15. The van der Waals surface area contributed by atoms with Crippen LogP contribution in [0.4, 0.5) is 11.4 Å². The zero-order chi connectivity index (χ0) is 13.9. The molecule has 9 nitrogen and oxygen atoms in total. The third-order valence-corrected chi connectivity index (χ3v) is 1.96. The first-order valence-corrected chi connectivity index (χ1v) is 4.64. The van der Waals surface area contributed by atoms with Crippen molar-refractivity contribution in [1.29, 1.82) is 0 Å². The second kappa shape index (κ2) is 5.08. The molecule has 0 bridgehead atoms. The van der Waals surface area contributed by atoms with Gasteiger partial charge in [0.25, 0.3) is 11.4 Å². The molecule has 0 aliphatic rings. The Morgan fingerprint density at radius 1 is 1.22 bits per heavy atom. The SMILES string of the molecule is CC(Oc1cc([N+](=O)[O-])cc([N+](=O)[O-])c1)C(=O)O. The minimum Gasteiger partial charge on any atom is -0.479 e. The lowest BCUT2D eigenvalue weighted by Gasteiger charge is -2.09. The summed E-state index contributed by atoms with van der Waals surface area (Å²) in [7, 11) is 0. The van der Waals surface area contributed by atoms with Crippen molar-refractivity contribution in [3.05, 3.63) is 38.4 Å². The van der Waals surface area contributed by atoms with Crippen LogP contribution in [0.25, 0.3) is 0 Å². The quantitative estimate of drug-likeness (QED) is 0.620. The summed E-state index contributed by atoms with van der Waals surface area (Å²) in [4.78, 5) is 30.0. The molecule has 0 saturated heterocycles. The summed E-state index contributed by atoms with van der Waals surface area (Å²) in [6.07, 6.45) is -1.27. The molecule has 9 heteroatoms. The zero-order valence-corrected chi connectivity index (χ0v) is 9.10. The van der Waals surface area contributed by atoms with Crippen LogP contribution < -0.4 is 4.74 Å². The standard InChI is InChI=1S/C9H8N2O7/c1-5(9(12)13)18-8-3-6(10(14)15)2-7(4-8)11(16)17/h2-5H,1H3,(H,12,13). The van der Waals surface area contributed by atoms with Crippen molar-refractivity contribution in [2.24, 2.45) is 0 Å². The van der Waals surface area contributed by atoms with Gasteiger partial charge in [0.15, 0.2) is 6.10 Å². The van der Waals surface area contributed by atoms with Crippen molar-refractivity contribution in [3.8, 4) is 5.75 Å². The first-order chi connectivity index (χ1) is 8.31. The number of carboxylic acid groups (broad SMARTS) is 1. The number of carboxylic acids is 1. The van der Waals surface area contributed by atoms with E-state index in [0.717, 1.165) is 18.2 Å². The number of carbonyl (C=O) groups is 1. The molecule has 1 aromatic carbocycles. The van der Waals surface area contributed by atoms with Gasteiger partial charge in [-0.3, -0.25) is 20.2 Å². The van der Waals surface area contributed by atoms with Crippen LogP contribution in [0.15, 0.2) is 18.2 Å². The molecule has 18 heavy (non-hydrogen) atoms. The van der Waals surface area contributed by atoms with Crippen LogP contribution in [-0.2, 0) is 4.79 Å². The topological polar surface area (TPSA) is 133 Å². The number of nitro benzene ring substituents is 2. The Kier molecular flexibility index (Phi) is 3.77. The maximum atomic E-state index is 10.6. The van der Waals surface area contributed by atoms with E-state index in [1.54, 1.807) is 0 Å². The number of nitrogens with zero attached hydrogens (tertiary/aromatic N) is 2. The number of benzene rings is 1. The summed E-state index contributed by atoms with van der Waals surface area (Å²) in [6.45, 7) is 1.20. The fourth-order valence-electron chi connectivity index (χ4n) is 1.10. The second-order valence-electron chi connectivity index (χ2n) is 3.30. The van der Waals surface area contributed by atoms with Crippen LogP contribution in [0.1, 0.15) is 6.92 Å². The monoisotopic (exact) mass is 256 g/mol. The summed E-state index contributed by atoms with van der Waals surface area (Å²) in [5, 5.41) is 29.7. The van der Waals surface area contributed by atoms with Gasteiger partial charge in [-0.15, -0.1) is 0 Å². The molecule has 0 fully saturated rings. The van der Waals surface area contributed by atoms with E-state index in [0.29, 0.717) is 0 Å². The number of non-ortho nitro benzene ring substituents is 2. The van der Waals surface area contributed by atoms with Gasteiger partial charge >= 0.3 is 5.97 Å². The normalized spacial score (nSPS) is 11.6. The van der Waals surface area contributed by atoms with Crippen molar-refractivity contribution in [2.75, 3.05) is 0 Å². The van der Waals surface area contributed by atoms with E-state index in [4.69, 9.17) is 9.84 Å². The van der Waals surface area contributed by atoms with Crippen molar-refractivity contribution in [3.63, 3.8) is 0 Å². The van der Waals surface area contributed by atoms with Gasteiger partial charge in [-0.05, 0) is 6.92 Å². The maximum absolute atomic E-state index is 10.6. The lowest BCUT2D eigenvalue weighted by atomic mass is 10.2. The van der Waals surface area contributed by atoms with Crippen LogP contribution in [0.3, 0.4) is 0 Å². The zero-order valence-electron chi connectivity index (χ0n) is 9.10. The molecule has 1 unspecified atom stereocenters. The Labute approximate surface area is 99.9 Å². The van der Waals surface area contributed by atoms with Crippen molar-refractivity contribution in [1.82, 2.24) is 0 Å². The molecule has 0 heterocycles. The highest BCUT2D eigenvalue weighted by Crippen LogP contribution is 2.27. The first-order valence-electron chi connectivity index (χ1n) is 4.64. The molecule has 1 atom stereocenters. The van der Waals surface area contributed by atoms with E-state index in [1.165, 1.54) is 6.92 Å².